The summed E-state index contributed by atoms with van der Waals surface area (Å²) >= 11 is 0. The van der Waals surface area contributed by atoms with Gasteiger partial charge in [-0.05, 0) is 80.9 Å². The van der Waals surface area contributed by atoms with Crippen LogP contribution in [0.2, 0.25) is 0 Å². The summed E-state index contributed by atoms with van der Waals surface area (Å²) < 4.78 is 0. The van der Waals surface area contributed by atoms with E-state index in [9.17, 15) is 0 Å². The van der Waals surface area contributed by atoms with Crippen molar-refractivity contribution in [2.45, 2.75) is 131 Å². The van der Waals surface area contributed by atoms with Crippen LogP contribution in [0.3, 0.4) is 0 Å². The molecule has 0 saturated heterocycles. The molecule has 0 radical (unpaired) electrons. The number of hydrogen-bond donors (Lipinski definition) is 0. The summed E-state index contributed by atoms with van der Waals surface area (Å²) in [6, 6.07) is 0. The Morgan fingerprint density at radius 2 is 0.731 bits per heavy atom. The van der Waals surface area contributed by atoms with Crippen molar-refractivity contribution in [2.75, 3.05) is 0 Å². The first-order valence-electron chi connectivity index (χ1n) is 11.8. The Kier molecular flexibility index (Phi) is 12.7. The van der Waals surface area contributed by atoms with E-state index in [0.717, 1.165) is 0 Å². The van der Waals surface area contributed by atoms with Crippen LogP contribution in [-0.2, 0) is 32.1 Å². The molecule has 0 aromatic carbocycles. The molecule has 1 aromatic heterocycles. The van der Waals surface area contributed by atoms with E-state index in [1.807, 2.05) is 0 Å². The van der Waals surface area contributed by atoms with Crippen LogP contribution in [0, 0.1) is 0 Å². The zero-order chi connectivity index (χ0) is 19.2. The molecule has 0 aliphatic rings. The number of unbranched alkanes of at least 4 members (excludes halogenated alkanes) is 5. The van der Waals surface area contributed by atoms with Crippen molar-refractivity contribution in [1.29, 1.82) is 0 Å². The molecule has 0 N–H and O–H groups in total. The summed E-state index contributed by atoms with van der Waals surface area (Å²) in [7, 11) is 0. The fourth-order valence-electron chi connectivity index (χ4n) is 3.88. The highest BCUT2D eigenvalue weighted by atomic mass is 14.7. The summed E-state index contributed by atoms with van der Waals surface area (Å²) in [5, 5.41) is 0. The Hall–Kier alpha value is -0.850. The number of hydrogen-bond acceptors (Lipinski definition) is 1. The third kappa shape index (κ3) is 7.41. The van der Waals surface area contributed by atoms with Gasteiger partial charge in [0.05, 0.1) is 0 Å². The lowest BCUT2D eigenvalue weighted by Gasteiger charge is -2.22. The maximum absolute atomic E-state index is 5.32. The molecule has 0 aliphatic carbocycles. The van der Waals surface area contributed by atoms with Crippen LogP contribution in [0.15, 0.2) is 0 Å². The minimum Gasteiger partial charge on any atom is -0.257 e. The standard InChI is InChI=1S/C25H45N/c1-6-11-16-21-22(17-12-7-2)24(19-14-9-4)26-25(20-15-10-5)23(21)18-13-8-3/h6-20H2,1-5H3. The SMILES string of the molecule is CCCCc1nc(CCCC)c(CCCC)c(CCCC)c1CCCC. The summed E-state index contributed by atoms with van der Waals surface area (Å²) in [5.41, 5.74) is 7.94. The van der Waals surface area contributed by atoms with Crippen LogP contribution in [0.1, 0.15) is 127 Å². The largest absolute Gasteiger partial charge is 0.257 e. The van der Waals surface area contributed by atoms with E-state index >= 15 is 0 Å². The van der Waals surface area contributed by atoms with Gasteiger partial charge in [0.2, 0.25) is 0 Å². The lowest BCUT2D eigenvalue weighted by atomic mass is 9.87. The van der Waals surface area contributed by atoms with Gasteiger partial charge in [0.15, 0.2) is 0 Å². The zero-order valence-electron chi connectivity index (χ0n) is 18.6. The summed E-state index contributed by atoms with van der Waals surface area (Å²) in [5.74, 6) is 0. The quantitative estimate of drug-likeness (QED) is 0.311. The predicted octanol–water partition coefficient (Wildman–Crippen LogP) is 7.79. The minimum atomic E-state index is 1.18. The Balaban J connectivity index is 3.41. The molecular weight excluding hydrogens is 314 g/mol. The second-order valence-electron chi connectivity index (χ2n) is 7.96. The molecule has 0 spiro atoms. The Morgan fingerprint density at radius 1 is 0.423 bits per heavy atom. The lowest BCUT2D eigenvalue weighted by molar-refractivity contribution is 0.679. The summed E-state index contributed by atoms with van der Waals surface area (Å²) in [4.78, 5) is 5.32. The molecule has 0 atom stereocenters. The summed E-state index contributed by atoms with van der Waals surface area (Å²) in [6.45, 7) is 11.6. The van der Waals surface area contributed by atoms with Crippen molar-refractivity contribution in [3.05, 3.63) is 28.1 Å². The number of aryl methyl sites for hydroxylation is 2. The van der Waals surface area contributed by atoms with Crippen molar-refractivity contribution in [1.82, 2.24) is 4.98 Å². The molecule has 0 bridgehead atoms. The summed E-state index contributed by atoms with van der Waals surface area (Å²) in [6.07, 6.45) is 19.0. The molecule has 0 saturated carbocycles. The first kappa shape index (κ1) is 23.2. The van der Waals surface area contributed by atoms with E-state index in [1.165, 1.54) is 108 Å². The Labute approximate surface area is 164 Å². The Morgan fingerprint density at radius 3 is 1.08 bits per heavy atom. The molecule has 1 heterocycles. The first-order valence-corrected chi connectivity index (χ1v) is 11.8. The maximum Gasteiger partial charge on any atom is 0.0441 e. The molecule has 0 fully saturated rings. The maximum atomic E-state index is 5.32. The molecule has 1 heteroatoms. The molecule has 1 nitrogen and oxygen atoms in total. The van der Waals surface area contributed by atoms with Crippen molar-refractivity contribution in [3.8, 4) is 0 Å². The van der Waals surface area contributed by atoms with Crippen molar-refractivity contribution < 1.29 is 0 Å². The highest BCUT2D eigenvalue weighted by Gasteiger charge is 2.18. The van der Waals surface area contributed by atoms with Crippen molar-refractivity contribution >= 4 is 0 Å². The fraction of sp³-hybridized carbons (Fsp3) is 0.800. The van der Waals surface area contributed by atoms with Crippen LogP contribution in [0.25, 0.3) is 0 Å². The van der Waals surface area contributed by atoms with Gasteiger partial charge < -0.3 is 0 Å². The van der Waals surface area contributed by atoms with Gasteiger partial charge in [-0.1, -0.05) is 66.7 Å². The molecule has 150 valence electrons. The molecule has 0 amide bonds. The van der Waals surface area contributed by atoms with Gasteiger partial charge in [0, 0.05) is 11.4 Å². The number of aromatic nitrogens is 1. The molecule has 1 aromatic rings. The lowest BCUT2D eigenvalue weighted by Crippen LogP contribution is -2.13. The molecular formula is C25H45N. The average molecular weight is 360 g/mol. The number of rotatable bonds is 15. The number of pyridine rings is 1. The fourth-order valence-corrected chi connectivity index (χ4v) is 3.88. The normalized spacial score (nSPS) is 11.3. The van der Waals surface area contributed by atoms with Crippen LogP contribution in [0.4, 0.5) is 0 Å². The van der Waals surface area contributed by atoms with Crippen molar-refractivity contribution in [3.63, 3.8) is 0 Å². The second-order valence-corrected chi connectivity index (χ2v) is 7.96. The van der Waals surface area contributed by atoms with Gasteiger partial charge in [0.25, 0.3) is 0 Å². The third-order valence-electron chi connectivity index (χ3n) is 5.57. The highest BCUT2D eigenvalue weighted by molar-refractivity contribution is 5.42. The van der Waals surface area contributed by atoms with Crippen LogP contribution >= 0.6 is 0 Å². The van der Waals surface area contributed by atoms with Gasteiger partial charge in [-0.15, -0.1) is 0 Å². The predicted molar refractivity (Wildman–Crippen MR) is 117 cm³/mol. The van der Waals surface area contributed by atoms with Crippen LogP contribution in [-0.4, -0.2) is 4.98 Å². The van der Waals surface area contributed by atoms with Gasteiger partial charge >= 0.3 is 0 Å². The highest BCUT2D eigenvalue weighted by Crippen LogP contribution is 2.28. The first-order chi connectivity index (χ1) is 12.7. The van der Waals surface area contributed by atoms with E-state index in [0.29, 0.717) is 0 Å². The second kappa shape index (κ2) is 14.2. The van der Waals surface area contributed by atoms with E-state index in [4.69, 9.17) is 4.98 Å². The van der Waals surface area contributed by atoms with Gasteiger partial charge in [-0.2, -0.15) is 0 Å². The van der Waals surface area contributed by atoms with E-state index in [-0.39, 0.29) is 0 Å². The third-order valence-corrected chi connectivity index (χ3v) is 5.57. The van der Waals surface area contributed by atoms with Gasteiger partial charge in [-0.25, -0.2) is 0 Å². The molecule has 0 unspecified atom stereocenters. The molecule has 1 rings (SSSR count). The minimum absolute atomic E-state index is 1.18. The van der Waals surface area contributed by atoms with Gasteiger partial charge in [0.1, 0.15) is 0 Å². The van der Waals surface area contributed by atoms with Crippen LogP contribution in [0.5, 0.6) is 0 Å². The zero-order valence-corrected chi connectivity index (χ0v) is 18.6. The average Bonchev–Trinajstić information content (AvgIpc) is 2.66. The Bertz CT molecular complexity index is 451. The monoisotopic (exact) mass is 359 g/mol. The van der Waals surface area contributed by atoms with E-state index in [2.05, 4.69) is 34.6 Å². The van der Waals surface area contributed by atoms with Crippen LogP contribution < -0.4 is 0 Å². The smallest absolute Gasteiger partial charge is 0.0441 e. The van der Waals surface area contributed by atoms with Gasteiger partial charge in [-0.3, -0.25) is 4.98 Å². The molecule has 0 aliphatic heterocycles. The van der Waals surface area contributed by atoms with E-state index < -0.39 is 0 Å². The van der Waals surface area contributed by atoms with Crippen molar-refractivity contribution in [2.24, 2.45) is 0 Å². The number of nitrogens with zero attached hydrogens (tertiary/aromatic N) is 1. The van der Waals surface area contributed by atoms with E-state index in [1.54, 1.807) is 16.7 Å². The topological polar surface area (TPSA) is 12.9 Å². The molecule has 26 heavy (non-hydrogen) atoms.